The number of aliphatic imine (C=N–C) groups is 1. The number of rotatable bonds is 5. The Morgan fingerprint density at radius 1 is 1.06 bits per heavy atom. The largest absolute Gasteiger partial charge is 0.496 e. The molecule has 6 nitrogen and oxygen atoms in total. The number of aromatic nitrogens is 1. The van der Waals surface area contributed by atoms with E-state index < -0.39 is 0 Å². The third kappa shape index (κ3) is 4.10. The molecule has 1 aliphatic heterocycles. The van der Waals surface area contributed by atoms with Gasteiger partial charge in [0.05, 0.1) is 29.6 Å². The first kappa shape index (κ1) is 22.0. The molecule has 1 saturated heterocycles. The van der Waals surface area contributed by atoms with Crippen LogP contribution < -0.4 is 15.0 Å². The summed E-state index contributed by atoms with van der Waals surface area (Å²) in [6, 6.07) is 18.4. The zero-order valence-electron chi connectivity index (χ0n) is 19.2. The van der Waals surface area contributed by atoms with Crippen LogP contribution in [0.2, 0.25) is 0 Å². The van der Waals surface area contributed by atoms with Gasteiger partial charge in [-0.05, 0) is 61.0 Å². The molecule has 174 valence electrons. The van der Waals surface area contributed by atoms with E-state index >= 15 is 0 Å². The maximum absolute atomic E-state index is 14.7. The van der Waals surface area contributed by atoms with Crippen LogP contribution >= 0.6 is 0 Å². The van der Waals surface area contributed by atoms with Gasteiger partial charge < -0.3 is 25.0 Å². The number of piperazine rings is 1. The van der Waals surface area contributed by atoms with Crippen LogP contribution in [-0.2, 0) is 0 Å². The fourth-order valence-corrected chi connectivity index (χ4v) is 4.56. The van der Waals surface area contributed by atoms with Crippen molar-refractivity contribution in [3.8, 4) is 22.8 Å². The molecule has 0 unspecified atom stereocenters. The standard InChI is InChI=1S/C27H27FN4O2/c1-17(30-19-7-9-20(10-8-19)32-14-12-29-13-15-32)25-21-16-18(6-11-23(21)31-27(25)33)26-22(28)4-3-5-24(26)34-2/h3-11,16,29,31,33H,12-15H2,1-2H3. The molecule has 1 aromatic heterocycles. The van der Waals surface area contributed by atoms with Gasteiger partial charge in [0.15, 0.2) is 5.88 Å². The molecule has 7 heteroatoms. The highest BCUT2D eigenvalue weighted by Crippen LogP contribution is 2.37. The number of hydrogen-bond donors (Lipinski definition) is 3. The summed E-state index contributed by atoms with van der Waals surface area (Å²) in [4.78, 5) is 10.1. The van der Waals surface area contributed by atoms with Gasteiger partial charge in [-0.3, -0.25) is 4.99 Å². The van der Waals surface area contributed by atoms with E-state index in [0.29, 0.717) is 28.2 Å². The minimum atomic E-state index is -0.366. The Morgan fingerprint density at radius 2 is 1.82 bits per heavy atom. The first-order valence-electron chi connectivity index (χ1n) is 11.3. The van der Waals surface area contributed by atoms with E-state index in [1.165, 1.54) is 18.9 Å². The molecular formula is C27H27FN4O2. The van der Waals surface area contributed by atoms with Crippen molar-refractivity contribution in [3.63, 3.8) is 0 Å². The highest BCUT2D eigenvalue weighted by Gasteiger charge is 2.18. The summed E-state index contributed by atoms with van der Waals surface area (Å²) in [6.45, 7) is 5.81. The van der Waals surface area contributed by atoms with Crippen molar-refractivity contribution >= 4 is 28.0 Å². The topological polar surface area (TPSA) is 72.9 Å². The maximum Gasteiger partial charge on any atom is 0.198 e. The van der Waals surface area contributed by atoms with Crippen LogP contribution in [0.4, 0.5) is 15.8 Å². The average molecular weight is 459 g/mol. The molecule has 3 aromatic carbocycles. The van der Waals surface area contributed by atoms with E-state index in [4.69, 9.17) is 9.73 Å². The van der Waals surface area contributed by atoms with Gasteiger partial charge in [0.2, 0.25) is 0 Å². The van der Waals surface area contributed by atoms with Crippen molar-refractivity contribution in [2.45, 2.75) is 6.92 Å². The molecule has 0 saturated carbocycles. The molecule has 0 amide bonds. The van der Waals surface area contributed by atoms with E-state index in [2.05, 4.69) is 27.3 Å². The highest BCUT2D eigenvalue weighted by atomic mass is 19.1. The number of nitrogens with one attached hydrogen (secondary N) is 2. The van der Waals surface area contributed by atoms with Gasteiger partial charge in [-0.15, -0.1) is 0 Å². The van der Waals surface area contributed by atoms with Crippen molar-refractivity contribution in [2.24, 2.45) is 4.99 Å². The summed E-state index contributed by atoms with van der Waals surface area (Å²) in [7, 11) is 1.52. The van der Waals surface area contributed by atoms with Crippen molar-refractivity contribution in [1.29, 1.82) is 0 Å². The molecule has 0 spiro atoms. The third-order valence-electron chi connectivity index (χ3n) is 6.25. The molecule has 2 heterocycles. The Hall–Kier alpha value is -3.84. The fourth-order valence-electron chi connectivity index (χ4n) is 4.56. The molecule has 1 aliphatic rings. The van der Waals surface area contributed by atoms with Crippen LogP contribution in [0.1, 0.15) is 12.5 Å². The Labute approximate surface area is 197 Å². The monoisotopic (exact) mass is 458 g/mol. The predicted molar refractivity (Wildman–Crippen MR) is 135 cm³/mol. The number of hydrogen-bond acceptors (Lipinski definition) is 5. The van der Waals surface area contributed by atoms with Gasteiger partial charge in [-0.1, -0.05) is 12.1 Å². The second kappa shape index (κ2) is 9.19. The van der Waals surface area contributed by atoms with Crippen LogP contribution in [0.3, 0.4) is 0 Å². The Bertz CT molecular complexity index is 1360. The number of aromatic amines is 1. The van der Waals surface area contributed by atoms with Crippen LogP contribution in [0.5, 0.6) is 11.6 Å². The fraction of sp³-hybridized carbons (Fsp3) is 0.222. The van der Waals surface area contributed by atoms with E-state index in [9.17, 15) is 9.50 Å². The predicted octanol–water partition coefficient (Wildman–Crippen LogP) is 5.24. The second-order valence-corrected chi connectivity index (χ2v) is 8.38. The third-order valence-corrected chi connectivity index (χ3v) is 6.25. The number of fused-ring (bicyclic) bond motifs is 1. The van der Waals surface area contributed by atoms with Gasteiger partial charge in [-0.2, -0.15) is 0 Å². The Morgan fingerprint density at radius 3 is 2.56 bits per heavy atom. The van der Waals surface area contributed by atoms with E-state index in [1.807, 2.05) is 37.3 Å². The van der Waals surface area contributed by atoms with Crippen molar-refractivity contribution in [3.05, 3.63) is 72.0 Å². The van der Waals surface area contributed by atoms with Crippen LogP contribution in [0.15, 0.2) is 65.7 Å². The molecular weight excluding hydrogens is 431 g/mol. The molecule has 0 bridgehead atoms. The zero-order valence-corrected chi connectivity index (χ0v) is 19.2. The van der Waals surface area contributed by atoms with E-state index in [-0.39, 0.29) is 11.7 Å². The minimum absolute atomic E-state index is 0.0336. The lowest BCUT2D eigenvalue weighted by Gasteiger charge is -2.29. The lowest BCUT2D eigenvalue weighted by molar-refractivity contribution is 0.413. The highest BCUT2D eigenvalue weighted by molar-refractivity contribution is 6.13. The SMILES string of the molecule is COc1cccc(F)c1-c1ccc2[nH]c(O)c(C(C)=Nc3ccc(N4CCNCC4)cc3)c2c1. The minimum Gasteiger partial charge on any atom is -0.496 e. The normalized spacial score (nSPS) is 14.6. The molecule has 0 atom stereocenters. The van der Waals surface area contributed by atoms with Crippen molar-refractivity contribution in [2.75, 3.05) is 38.2 Å². The summed E-state index contributed by atoms with van der Waals surface area (Å²) in [5, 5.41) is 14.8. The number of aromatic hydroxyl groups is 1. The number of benzene rings is 3. The molecule has 3 N–H and O–H groups in total. The van der Waals surface area contributed by atoms with Crippen LogP contribution in [0.25, 0.3) is 22.0 Å². The van der Waals surface area contributed by atoms with Gasteiger partial charge in [0.25, 0.3) is 0 Å². The summed E-state index contributed by atoms with van der Waals surface area (Å²) in [5.74, 6) is 0.122. The first-order valence-corrected chi connectivity index (χ1v) is 11.3. The quantitative estimate of drug-likeness (QED) is 0.358. The second-order valence-electron chi connectivity index (χ2n) is 8.38. The molecule has 4 aromatic rings. The number of H-pyrrole nitrogens is 1. The number of anilines is 1. The van der Waals surface area contributed by atoms with Crippen molar-refractivity contribution < 1.29 is 14.2 Å². The first-order chi connectivity index (χ1) is 16.5. The van der Waals surface area contributed by atoms with Gasteiger partial charge in [-0.25, -0.2) is 4.39 Å². The van der Waals surface area contributed by atoms with E-state index in [1.54, 1.807) is 12.1 Å². The van der Waals surface area contributed by atoms with Crippen LogP contribution in [0, 0.1) is 5.82 Å². The lowest BCUT2D eigenvalue weighted by Crippen LogP contribution is -2.43. The van der Waals surface area contributed by atoms with Crippen molar-refractivity contribution in [1.82, 2.24) is 10.3 Å². The average Bonchev–Trinajstić information content (AvgIpc) is 3.19. The molecule has 1 fully saturated rings. The van der Waals surface area contributed by atoms with Crippen LogP contribution in [-0.4, -0.2) is 49.1 Å². The number of halogens is 1. The summed E-state index contributed by atoms with van der Waals surface area (Å²) >= 11 is 0. The summed E-state index contributed by atoms with van der Waals surface area (Å²) < 4.78 is 20.1. The van der Waals surface area contributed by atoms with Gasteiger partial charge >= 0.3 is 0 Å². The summed E-state index contributed by atoms with van der Waals surface area (Å²) in [6.07, 6.45) is 0. The maximum atomic E-state index is 14.7. The zero-order chi connectivity index (χ0) is 23.7. The van der Waals surface area contributed by atoms with Gasteiger partial charge in [0, 0.05) is 42.8 Å². The molecule has 5 rings (SSSR count). The number of nitrogens with zero attached hydrogens (tertiary/aromatic N) is 2. The molecule has 0 aliphatic carbocycles. The number of ether oxygens (including phenoxy) is 1. The smallest absolute Gasteiger partial charge is 0.198 e. The molecule has 0 radical (unpaired) electrons. The Balaban J connectivity index is 1.51. The number of methoxy groups -OCH3 is 1. The summed E-state index contributed by atoms with van der Waals surface area (Å²) in [5.41, 5.74) is 5.03. The Kier molecular flexibility index (Phi) is 5.94. The van der Waals surface area contributed by atoms with E-state index in [0.717, 1.165) is 42.8 Å². The van der Waals surface area contributed by atoms with Gasteiger partial charge in [0.1, 0.15) is 11.6 Å². The molecule has 34 heavy (non-hydrogen) atoms. The lowest BCUT2D eigenvalue weighted by atomic mass is 10.00.